The summed E-state index contributed by atoms with van der Waals surface area (Å²) in [7, 11) is 0. The first-order valence-corrected chi connectivity index (χ1v) is 7.59. The summed E-state index contributed by atoms with van der Waals surface area (Å²) in [6, 6.07) is 6.22. The highest BCUT2D eigenvalue weighted by molar-refractivity contribution is 7.09. The maximum atomic E-state index is 5.85. The minimum Gasteiger partial charge on any atom is -0.370 e. The van der Waals surface area contributed by atoms with Crippen molar-refractivity contribution in [2.75, 3.05) is 13.1 Å². The van der Waals surface area contributed by atoms with Gasteiger partial charge in [-0.1, -0.05) is 6.07 Å². The highest BCUT2D eigenvalue weighted by Crippen LogP contribution is 2.08. The van der Waals surface area contributed by atoms with E-state index in [0.717, 1.165) is 25.9 Å². The van der Waals surface area contributed by atoms with Crippen LogP contribution in [0.1, 0.15) is 16.0 Å². The van der Waals surface area contributed by atoms with E-state index in [0.29, 0.717) is 5.96 Å². The van der Waals surface area contributed by atoms with Crippen molar-refractivity contribution in [2.45, 2.75) is 19.8 Å². The van der Waals surface area contributed by atoms with Crippen LogP contribution in [-0.2, 0) is 12.8 Å². The zero-order valence-electron chi connectivity index (χ0n) is 11.7. The Hall–Kier alpha value is -1.88. The van der Waals surface area contributed by atoms with Crippen molar-refractivity contribution in [3.8, 4) is 0 Å². The van der Waals surface area contributed by atoms with E-state index in [4.69, 9.17) is 5.73 Å². The summed E-state index contributed by atoms with van der Waals surface area (Å²) in [5, 5.41) is 5.23. The average molecular weight is 288 g/mol. The molecule has 0 amide bonds. The zero-order chi connectivity index (χ0) is 14.2. The lowest BCUT2D eigenvalue weighted by Gasteiger charge is -2.07. The predicted molar refractivity (Wildman–Crippen MR) is 85.2 cm³/mol. The molecular weight excluding hydrogens is 268 g/mol. The molecular formula is C15H20N4S. The first-order valence-electron chi connectivity index (χ1n) is 6.71. The van der Waals surface area contributed by atoms with Crippen molar-refractivity contribution in [1.82, 2.24) is 10.3 Å². The standard InChI is InChI=1S/C15H20N4S/c1-12-11-17-7-4-13(12)5-8-18-15(16)19-9-6-14-3-2-10-20-14/h2-4,7,10-11H,5-6,8-9H2,1H3,(H3,16,18,19). The first kappa shape index (κ1) is 14.5. The number of hydrogen-bond acceptors (Lipinski definition) is 3. The summed E-state index contributed by atoms with van der Waals surface area (Å²) in [6.45, 7) is 3.59. The van der Waals surface area contributed by atoms with E-state index in [1.807, 2.05) is 18.5 Å². The van der Waals surface area contributed by atoms with Gasteiger partial charge in [-0.2, -0.15) is 0 Å². The van der Waals surface area contributed by atoms with Gasteiger partial charge < -0.3 is 11.1 Å². The lowest BCUT2D eigenvalue weighted by atomic mass is 10.1. The second kappa shape index (κ2) is 7.65. The number of guanidine groups is 1. The predicted octanol–water partition coefficient (Wildman–Crippen LogP) is 2.14. The number of nitrogens with two attached hydrogens (primary N) is 1. The van der Waals surface area contributed by atoms with Gasteiger partial charge in [-0.05, 0) is 42.0 Å². The second-order valence-corrected chi connectivity index (χ2v) is 5.61. The Bertz CT molecular complexity index is 549. The summed E-state index contributed by atoms with van der Waals surface area (Å²) < 4.78 is 0. The van der Waals surface area contributed by atoms with E-state index < -0.39 is 0 Å². The van der Waals surface area contributed by atoms with Crippen molar-refractivity contribution in [3.63, 3.8) is 0 Å². The molecule has 0 aliphatic carbocycles. The van der Waals surface area contributed by atoms with Crippen molar-refractivity contribution >= 4 is 17.3 Å². The smallest absolute Gasteiger partial charge is 0.188 e. The van der Waals surface area contributed by atoms with Crippen LogP contribution in [0.25, 0.3) is 0 Å². The molecule has 2 rings (SSSR count). The fourth-order valence-corrected chi connectivity index (χ4v) is 2.60. The second-order valence-electron chi connectivity index (χ2n) is 4.58. The van der Waals surface area contributed by atoms with E-state index in [9.17, 15) is 0 Å². The molecule has 0 fully saturated rings. The number of aromatic nitrogens is 1. The van der Waals surface area contributed by atoms with E-state index in [1.165, 1.54) is 16.0 Å². The van der Waals surface area contributed by atoms with Crippen LogP contribution in [0.5, 0.6) is 0 Å². The zero-order valence-corrected chi connectivity index (χ0v) is 12.5. The summed E-state index contributed by atoms with van der Waals surface area (Å²) in [5.74, 6) is 0.522. The van der Waals surface area contributed by atoms with Crippen LogP contribution in [0.3, 0.4) is 0 Å². The Morgan fingerprint density at radius 2 is 2.30 bits per heavy atom. The normalized spacial score (nSPS) is 11.6. The van der Waals surface area contributed by atoms with Gasteiger partial charge in [0.1, 0.15) is 0 Å². The number of rotatable bonds is 6. The maximum absolute atomic E-state index is 5.85. The largest absolute Gasteiger partial charge is 0.370 e. The molecule has 0 unspecified atom stereocenters. The maximum Gasteiger partial charge on any atom is 0.188 e. The molecule has 2 aromatic heterocycles. The Morgan fingerprint density at radius 1 is 1.40 bits per heavy atom. The van der Waals surface area contributed by atoms with E-state index in [-0.39, 0.29) is 0 Å². The molecule has 106 valence electrons. The van der Waals surface area contributed by atoms with E-state index in [2.05, 4.69) is 39.7 Å². The summed E-state index contributed by atoms with van der Waals surface area (Å²) in [6.07, 6.45) is 5.58. The molecule has 0 aliphatic rings. The number of nitrogens with one attached hydrogen (secondary N) is 1. The third-order valence-electron chi connectivity index (χ3n) is 3.06. The highest BCUT2D eigenvalue weighted by Gasteiger charge is 1.98. The average Bonchev–Trinajstić information content (AvgIpc) is 2.94. The number of aliphatic imine (C=N–C) groups is 1. The van der Waals surface area contributed by atoms with Crippen LogP contribution in [-0.4, -0.2) is 24.0 Å². The van der Waals surface area contributed by atoms with Gasteiger partial charge in [-0.25, -0.2) is 0 Å². The van der Waals surface area contributed by atoms with Crippen molar-refractivity contribution in [1.29, 1.82) is 0 Å². The molecule has 3 N–H and O–H groups in total. The molecule has 2 heterocycles. The molecule has 5 heteroatoms. The van der Waals surface area contributed by atoms with Crippen molar-refractivity contribution in [3.05, 3.63) is 52.0 Å². The molecule has 2 aromatic rings. The topological polar surface area (TPSA) is 63.3 Å². The molecule has 20 heavy (non-hydrogen) atoms. The fourth-order valence-electron chi connectivity index (χ4n) is 1.91. The van der Waals surface area contributed by atoms with Crippen LogP contribution < -0.4 is 11.1 Å². The number of aryl methyl sites for hydroxylation is 1. The Morgan fingerprint density at radius 3 is 3.05 bits per heavy atom. The molecule has 0 aliphatic heterocycles. The summed E-state index contributed by atoms with van der Waals surface area (Å²) >= 11 is 1.75. The Kier molecular flexibility index (Phi) is 5.55. The van der Waals surface area contributed by atoms with E-state index >= 15 is 0 Å². The summed E-state index contributed by atoms with van der Waals surface area (Å²) in [5.41, 5.74) is 8.35. The van der Waals surface area contributed by atoms with Crippen LogP contribution in [0.4, 0.5) is 0 Å². The number of pyridine rings is 1. The number of nitrogens with zero attached hydrogens (tertiary/aromatic N) is 2. The van der Waals surface area contributed by atoms with Crippen LogP contribution in [0, 0.1) is 6.92 Å². The highest BCUT2D eigenvalue weighted by atomic mass is 32.1. The molecule has 0 bridgehead atoms. The van der Waals surface area contributed by atoms with Gasteiger partial charge in [0.2, 0.25) is 0 Å². The number of hydrogen-bond donors (Lipinski definition) is 2. The van der Waals surface area contributed by atoms with Crippen LogP contribution in [0.2, 0.25) is 0 Å². The lowest BCUT2D eigenvalue weighted by Crippen LogP contribution is -2.33. The van der Waals surface area contributed by atoms with Gasteiger partial charge in [0.05, 0.1) is 0 Å². The van der Waals surface area contributed by atoms with Gasteiger partial charge in [0.15, 0.2) is 5.96 Å². The van der Waals surface area contributed by atoms with Crippen LogP contribution in [0.15, 0.2) is 41.0 Å². The number of thiophene rings is 1. The molecule has 0 saturated carbocycles. The molecule has 0 aromatic carbocycles. The SMILES string of the molecule is Cc1cnccc1CCNC(N)=NCCc1cccs1. The quantitative estimate of drug-likeness (QED) is 0.632. The van der Waals surface area contributed by atoms with Crippen molar-refractivity contribution < 1.29 is 0 Å². The third kappa shape index (κ3) is 4.66. The summed E-state index contributed by atoms with van der Waals surface area (Å²) in [4.78, 5) is 9.76. The Balaban J connectivity index is 1.69. The van der Waals surface area contributed by atoms with E-state index in [1.54, 1.807) is 11.3 Å². The lowest BCUT2D eigenvalue weighted by molar-refractivity contribution is 0.839. The minimum atomic E-state index is 0.522. The van der Waals surface area contributed by atoms with Gasteiger partial charge >= 0.3 is 0 Å². The van der Waals surface area contributed by atoms with Gasteiger partial charge in [-0.3, -0.25) is 9.98 Å². The molecule has 0 atom stereocenters. The van der Waals surface area contributed by atoms with Gasteiger partial charge in [-0.15, -0.1) is 11.3 Å². The van der Waals surface area contributed by atoms with Crippen LogP contribution >= 0.6 is 11.3 Å². The molecule has 0 spiro atoms. The first-order chi connectivity index (χ1) is 9.75. The van der Waals surface area contributed by atoms with Gasteiger partial charge in [0.25, 0.3) is 0 Å². The molecule has 0 saturated heterocycles. The van der Waals surface area contributed by atoms with Gasteiger partial charge in [0, 0.05) is 36.8 Å². The fraction of sp³-hybridized carbons (Fsp3) is 0.333. The Labute approximate surface area is 123 Å². The molecule has 4 nitrogen and oxygen atoms in total. The van der Waals surface area contributed by atoms with Crippen molar-refractivity contribution in [2.24, 2.45) is 10.7 Å². The monoisotopic (exact) mass is 288 g/mol. The third-order valence-corrected chi connectivity index (χ3v) is 3.99. The molecule has 0 radical (unpaired) electrons. The minimum absolute atomic E-state index is 0.522.